The third-order valence-corrected chi connectivity index (χ3v) is 7.22. The van der Waals surface area contributed by atoms with E-state index < -0.39 is 0 Å². The smallest absolute Gasteiger partial charge is 0.236 e. The number of carbonyl (C=O) groups excluding carboxylic acids is 2. The molecule has 1 N–H and O–H groups in total. The fourth-order valence-corrected chi connectivity index (χ4v) is 5.49. The van der Waals surface area contributed by atoms with Crippen molar-refractivity contribution in [3.8, 4) is 0 Å². The number of carbonyl (C=O) groups is 2. The van der Waals surface area contributed by atoms with Crippen molar-refractivity contribution in [2.75, 3.05) is 44.2 Å². The van der Waals surface area contributed by atoms with E-state index >= 15 is 0 Å². The van der Waals surface area contributed by atoms with E-state index in [2.05, 4.69) is 27.2 Å². The van der Waals surface area contributed by atoms with Crippen LogP contribution in [0, 0.1) is 11.7 Å². The number of nitrogens with one attached hydrogen (secondary N) is 1. The molecule has 5 rings (SSSR count). The molecular weight excluding hydrogens is 419 g/mol. The topological polar surface area (TPSA) is 55.9 Å². The Bertz CT molecular complexity index is 1020. The van der Waals surface area contributed by atoms with Gasteiger partial charge in [0.15, 0.2) is 0 Å². The monoisotopic (exact) mass is 450 g/mol. The second-order valence-electron chi connectivity index (χ2n) is 9.37. The molecule has 3 aliphatic rings. The number of hydrogen-bond donors (Lipinski definition) is 1. The van der Waals surface area contributed by atoms with Crippen molar-refractivity contribution >= 4 is 17.5 Å². The Morgan fingerprint density at radius 2 is 1.82 bits per heavy atom. The van der Waals surface area contributed by atoms with Crippen molar-refractivity contribution < 1.29 is 14.0 Å². The minimum absolute atomic E-state index is 0.00698. The number of fused-ring (bicyclic) bond motifs is 3. The van der Waals surface area contributed by atoms with E-state index in [1.54, 1.807) is 6.07 Å². The quantitative estimate of drug-likeness (QED) is 0.760. The Morgan fingerprint density at radius 3 is 2.64 bits per heavy atom. The van der Waals surface area contributed by atoms with E-state index in [-0.39, 0.29) is 29.6 Å². The normalized spacial score (nSPS) is 22.6. The molecule has 0 radical (unpaired) electrons. The summed E-state index contributed by atoms with van der Waals surface area (Å²) in [6, 6.07) is 14.6. The van der Waals surface area contributed by atoms with E-state index in [1.807, 2.05) is 23.1 Å². The van der Waals surface area contributed by atoms with E-state index in [9.17, 15) is 14.0 Å². The summed E-state index contributed by atoms with van der Waals surface area (Å²) in [4.78, 5) is 32.6. The molecule has 3 heterocycles. The number of benzene rings is 2. The number of amides is 2. The summed E-state index contributed by atoms with van der Waals surface area (Å²) < 4.78 is 13.5. The average Bonchev–Trinajstić information content (AvgIpc) is 3.37. The van der Waals surface area contributed by atoms with E-state index in [4.69, 9.17) is 0 Å². The number of hydrogen-bond acceptors (Lipinski definition) is 4. The lowest BCUT2D eigenvalue weighted by Crippen LogP contribution is -2.62. The Kier molecular flexibility index (Phi) is 6.31. The molecule has 0 aliphatic carbocycles. The van der Waals surface area contributed by atoms with Crippen molar-refractivity contribution in [2.45, 2.75) is 31.8 Å². The second-order valence-corrected chi connectivity index (χ2v) is 9.37. The summed E-state index contributed by atoms with van der Waals surface area (Å²) in [6.07, 6.45) is 2.85. The van der Waals surface area contributed by atoms with Gasteiger partial charge in [-0.25, -0.2) is 4.39 Å². The van der Waals surface area contributed by atoms with Gasteiger partial charge in [-0.2, -0.15) is 0 Å². The van der Waals surface area contributed by atoms with Gasteiger partial charge in [0.1, 0.15) is 5.82 Å². The molecule has 2 aromatic carbocycles. The lowest BCUT2D eigenvalue weighted by Gasteiger charge is -2.49. The molecule has 0 bridgehead atoms. The third kappa shape index (κ3) is 4.74. The molecule has 2 amide bonds. The molecule has 2 fully saturated rings. The van der Waals surface area contributed by atoms with Crippen molar-refractivity contribution in [3.63, 3.8) is 0 Å². The molecule has 3 aliphatic heterocycles. The van der Waals surface area contributed by atoms with Crippen LogP contribution >= 0.6 is 0 Å². The average molecular weight is 451 g/mol. The highest BCUT2D eigenvalue weighted by Gasteiger charge is 2.41. The summed E-state index contributed by atoms with van der Waals surface area (Å²) in [5, 5.41) is 3.03. The first kappa shape index (κ1) is 21.9. The van der Waals surface area contributed by atoms with Crippen molar-refractivity contribution in [2.24, 2.45) is 5.92 Å². The van der Waals surface area contributed by atoms with Gasteiger partial charge in [-0.1, -0.05) is 30.3 Å². The van der Waals surface area contributed by atoms with Crippen LogP contribution in [0.2, 0.25) is 0 Å². The van der Waals surface area contributed by atoms with Crippen LogP contribution in [0.3, 0.4) is 0 Å². The molecule has 33 heavy (non-hydrogen) atoms. The zero-order valence-electron chi connectivity index (χ0n) is 18.9. The first-order valence-electron chi connectivity index (χ1n) is 12.0. The van der Waals surface area contributed by atoms with Crippen molar-refractivity contribution in [1.82, 2.24) is 15.1 Å². The maximum absolute atomic E-state index is 13.5. The van der Waals surface area contributed by atoms with Gasteiger partial charge in [-0.15, -0.1) is 0 Å². The molecule has 2 atom stereocenters. The number of likely N-dealkylation sites (tertiary alicyclic amines) is 1. The molecule has 0 saturated carbocycles. The maximum atomic E-state index is 13.5. The summed E-state index contributed by atoms with van der Waals surface area (Å²) in [5.41, 5.74) is 3.13. The van der Waals surface area contributed by atoms with Crippen molar-refractivity contribution in [1.29, 1.82) is 0 Å². The minimum atomic E-state index is -0.301. The SMILES string of the molecule is O=C(NCc1cccc(F)c1)[C@H]1Cc2ccccc2N2CCN(CC(=O)N3CCCC3)C[C@@H]12. The zero-order chi connectivity index (χ0) is 22.8. The lowest BCUT2D eigenvalue weighted by molar-refractivity contribution is -0.131. The van der Waals surface area contributed by atoms with Crippen LogP contribution in [0.15, 0.2) is 48.5 Å². The fourth-order valence-electron chi connectivity index (χ4n) is 5.49. The first-order valence-corrected chi connectivity index (χ1v) is 12.0. The van der Waals surface area contributed by atoms with E-state index in [1.165, 1.54) is 23.4 Å². The van der Waals surface area contributed by atoms with Crippen LogP contribution in [-0.2, 0) is 22.6 Å². The minimum Gasteiger partial charge on any atom is -0.365 e. The van der Waals surface area contributed by atoms with Crippen LogP contribution < -0.4 is 10.2 Å². The molecule has 174 valence electrons. The summed E-state index contributed by atoms with van der Waals surface area (Å²) >= 11 is 0. The zero-order valence-corrected chi connectivity index (χ0v) is 18.9. The molecule has 6 nitrogen and oxygen atoms in total. The lowest BCUT2D eigenvalue weighted by atomic mass is 9.83. The van der Waals surface area contributed by atoms with Gasteiger partial charge >= 0.3 is 0 Å². The van der Waals surface area contributed by atoms with Gasteiger partial charge in [0.05, 0.1) is 18.5 Å². The molecular formula is C26H31FN4O2. The number of halogens is 1. The summed E-state index contributed by atoms with van der Waals surface area (Å²) in [5.74, 6) is -0.344. The summed E-state index contributed by atoms with van der Waals surface area (Å²) in [6.45, 7) is 4.74. The van der Waals surface area contributed by atoms with E-state index in [0.29, 0.717) is 26.1 Å². The van der Waals surface area contributed by atoms with Gasteiger partial charge in [0, 0.05) is 45.0 Å². The Hall–Kier alpha value is -2.93. The number of rotatable bonds is 5. The van der Waals surface area contributed by atoms with Crippen LogP contribution in [0.1, 0.15) is 24.0 Å². The first-order chi connectivity index (χ1) is 16.1. The highest BCUT2D eigenvalue weighted by molar-refractivity contribution is 5.82. The Balaban J connectivity index is 1.31. The predicted molar refractivity (Wildman–Crippen MR) is 125 cm³/mol. The second kappa shape index (κ2) is 9.51. The van der Waals surface area contributed by atoms with Crippen LogP contribution in [0.4, 0.5) is 10.1 Å². The molecule has 7 heteroatoms. The highest BCUT2D eigenvalue weighted by Crippen LogP contribution is 2.36. The summed E-state index contributed by atoms with van der Waals surface area (Å²) in [7, 11) is 0. The fraction of sp³-hybridized carbons (Fsp3) is 0.462. The number of piperazine rings is 1. The van der Waals surface area contributed by atoms with E-state index in [0.717, 1.165) is 44.6 Å². The number of para-hydroxylation sites is 1. The molecule has 2 aromatic rings. The van der Waals surface area contributed by atoms with Crippen LogP contribution in [0.25, 0.3) is 0 Å². The van der Waals surface area contributed by atoms with Gasteiger partial charge in [0.25, 0.3) is 0 Å². The highest BCUT2D eigenvalue weighted by atomic mass is 19.1. The number of nitrogens with zero attached hydrogens (tertiary/aromatic N) is 3. The standard InChI is InChI=1S/C26H31FN4O2/c27-21-8-5-6-19(14-21)16-28-26(33)22-15-20-7-1-2-9-23(20)31-13-12-29(17-24(22)31)18-25(32)30-10-3-4-11-30/h1-2,5-9,14,22,24H,3-4,10-13,15-18H2,(H,28,33)/t22-,24-/m0/s1. The van der Waals surface area contributed by atoms with Gasteiger partial charge in [-0.3, -0.25) is 14.5 Å². The van der Waals surface area contributed by atoms with Gasteiger partial charge < -0.3 is 15.1 Å². The molecule has 0 aromatic heterocycles. The van der Waals surface area contributed by atoms with Crippen molar-refractivity contribution in [3.05, 3.63) is 65.5 Å². The van der Waals surface area contributed by atoms with Crippen LogP contribution in [0.5, 0.6) is 0 Å². The van der Waals surface area contributed by atoms with Crippen LogP contribution in [-0.4, -0.2) is 66.9 Å². The van der Waals surface area contributed by atoms with Gasteiger partial charge in [-0.05, 0) is 48.6 Å². The Labute approximate surface area is 194 Å². The molecule has 0 spiro atoms. The third-order valence-electron chi connectivity index (χ3n) is 7.22. The largest absolute Gasteiger partial charge is 0.365 e. The maximum Gasteiger partial charge on any atom is 0.236 e. The molecule has 2 saturated heterocycles. The number of anilines is 1. The van der Waals surface area contributed by atoms with Gasteiger partial charge in [0.2, 0.25) is 11.8 Å². The molecule has 0 unspecified atom stereocenters. The Morgan fingerprint density at radius 1 is 1.00 bits per heavy atom. The predicted octanol–water partition coefficient (Wildman–Crippen LogP) is 2.43.